The van der Waals surface area contributed by atoms with E-state index in [1.165, 1.54) is 0 Å². The first kappa shape index (κ1) is 20.3. The molecule has 1 aliphatic heterocycles. The standard InChI is InChI=1S/C23H29N5O2/c1-23(2,3)22(29)27-13-7-8-17(16-27)19-20-21(25-12-11-24-20)28(26-19)14-15-30-18-9-5-4-6-10-18/h4-6,9-12,17H,7-8,13-16H2,1-3H3/t17-/m1/s1. The van der Waals surface area contributed by atoms with Gasteiger partial charge in [-0.25, -0.2) is 14.6 Å². The molecule has 1 saturated heterocycles. The van der Waals surface area contributed by atoms with Gasteiger partial charge in [-0.2, -0.15) is 5.10 Å². The highest BCUT2D eigenvalue weighted by atomic mass is 16.5. The second kappa shape index (κ2) is 8.42. The third-order valence-corrected chi connectivity index (χ3v) is 5.45. The van der Waals surface area contributed by atoms with Crippen molar-refractivity contribution in [2.24, 2.45) is 5.41 Å². The average Bonchev–Trinajstić information content (AvgIpc) is 3.12. The second-order valence-corrected chi connectivity index (χ2v) is 8.84. The third kappa shape index (κ3) is 4.30. The third-order valence-electron chi connectivity index (χ3n) is 5.45. The van der Waals surface area contributed by atoms with Crippen LogP contribution in [0.2, 0.25) is 0 Å². The zero-order valence-electron chi connectivity index (χ0n) is 17.9. The first-order valence-corrected chi connectivity index (χ1v) is 10.6. The van der Waals surface area contributed by atoms with Crippen LogP contribution in [0.25, 0.3) is 11.2 Å². The summed E-state index contributed by atoms with van der Waals surface area (Å²) < 4.78 is 7.72. The Balaban J connectivity index is 1.53. The van der Waals surface area contributed by atoms with Gasteiger partial charge in [-0.3, -0.25) is 4.79 Å². The number of aromatic nitrogens is 4. The largest absolute Gasteiger partial charge is 0.492 e. The quantitative estimate of drug-likeness (QED) is 0.645. The van der Waals surface area contributed by atoms with Crippen molar-refractivity contribution < 1.29 is 9.53 Å². The van der Waals surface area contributed by atoms with Gasteiger partial charge < -0.3 is 9.64 Å². The van der Waals surface area contributed by atoms with Crippen molar-refractivity contribution in [3.05, 3.63) is 48.4 Å². The summed E-state index contributed by atoms with van der Waals surface area (Å²) in [7, 11) is 0. The fraction of sp³-hybridized carbons (Fsp3) is 0.478. The van der Waals surface area contributed by atoms with E-state index in [4.69, 9.17) is 9.84 Å². The zero-order valence-corrected chi connectivity index (χ0v) is 17.9. The fourth-order valence-electron chi connectivity index (χ4n) is 3.98. The van der Waals surface area contributed by atoms with Gasteiger partial charge in [-0.05, 0) is 25.0 Å². The normalized spacial score (nSPS) is 17.3. The number of hydrogen-bond acceptors (Lipinski definition) is 5. The van der Waals surface area contributed by atoms with E-state index in [0.29, 0.717) is 19.7 Å². The minimum atomic E-state index is -0.377. The summed E-state index contributed by atoms with van der Waals surface area (Å²) in [5, 5.41) is 4.87. The molecular weight excluding hydrogens is 378 g/mol. The molecule has 1 aliphatic rings. The molecule has 7 heteroatoms. The molecule has 1 amide bonds. The Labute approximate surface area is 177 Å². The van der Waals surface area contributed by atoms with Gasteiger partial charge in [0.1, 0.15) is 17.9 Å². The monoisotopic (exact) mass is 407 g/mol. The van der Waals surface area contributed by atoms with Crippen LogP contribution in [0.1, 0.15) is 45.2 Å². The van der Waals surface area contributed by atoms with Crippen molar-refractivity contribution in [3.8, 4) is 5.75 Å². The lowest BCUT2D eigenvalue weighted by Gasteiger charge is -2.36. The molecule has 158 valence electrons. The van der Waals surface area contributed by atoms with Gasteiger partial charge in [-0.15, -0.1) is 0 Å². The summed E-state index contributed by atoms with van der Waals surface area (Å²) in [6.45, 7) is 8.49. The predicted octanol–water partition coefficient (Wildman–Crippen LogP) is 3.66. The van der Waals surface area contributed by atoms with Crippen molar-refractivity contribution in [2.45, 2.75) is 46.1 Å². The van der Waals surface area contributed by atoms with Crippen LogP contribution in [0.5, 0.6) is 5.75 Å². The molecule has 2 aromatic heterocycles. The Kier molecular flexibility index (Phi) is 5.70. The Bertz CT molecular complexity index is 1010. The number of piperidine rings is 1. The minimum absolute atomic E-state index is 0.167. The maximum absolute atomic E-state index is 12.8. The SMILES string of the molecule is CC(C)(C)C(=O)N1CCC[C@@H](c2nn(CCOc3ccccc3)c3nccnc23)C1. The Hall–Kier alpha value is -2.96. The van der Waals surface area contributed by atoms with E-state index in [-0.39, 0.29) is 17.2 Å². The maximum Gasteiger partial charge on any atom is 0.227 e. The van der Waals surface area contributed by atoms with Crippen LogP contribution in [0.3, 0.4) is 0 Å². The lowest BCUT2D eigenvalue weighted by Crippen LogP contribution is -2.44. The average molecular weight is 408 g/mol. The number of benzene rings is 1. The molecule has 0 unspecified atom stereocenters. The van der Waals surface area contributed by atoms with Gasteiger partial charge in [0.05, 0.1) is 12.2 Å². The lowest BCUT2D eigenvalue weighted by atomic mass is 9.90. The van der Waals surface area contributed by atoms with Gasteiger partial charge >= 0.3 is 0 Å². The van der Waals surface area contributed by atoms with E-state index in [9.17, 15) is 4.79 Å². The van der Waals surface area contributed by atoms with Crippen LogP contribution in [0.15, 0.2) is 42.7 Å². The van der Waals surface area contributed by atoms with E-state index in [1.807, 2.05) is 60.7 Å². The molecule has 0 saturated carbocycles. The number of rotatable bonds is 5. The predicted molar refractivity (Wildman–Crippen MR) is 115 cm³/mol. The molecule has 4 rings (SSSR count). The summed E-state index contributed by atoms with van der Waals surface area (Å²) in [6, 6.07) is 9.75. The van der Waals surface area contributed by atoms with Crippen LogP contribution < -0.4 is 4.74 Å². The number of nitrogens with zero attached hydrogens (tertiary/aromatic N) is 5. The minimum Gasteiger partial charge on any atom is -0.492 e. The molecule has 0 spiro atoms. The molecule has 30 heavy (non-hydrogen) atoms. The molecule has 1 fully saturated rings. The van der Waals surface area contributed by atoms with Crippen LogP contribution in [-0.2, 0) is 11.3 Å². The van der Waals surface area contributed by atoms with Crippen LogP contribution in [0.4, 0.5) is 0 Å². The molecule has 3 aromatic rings. The van der Waals surface area contributed by atoms with Gasteiger partial charge in [0, 0.05) is 36.8 Å². The van der Waals surface area contributed by atoms with Crippen LogP contribution >= 0.6 is 0 Å². The topological polar surface area (TPSA) is 73.1 Å². The van der Waals surface area contributed by atoms with Crippen molar-refractivity contribution in [2.75, 3.05) is 19.7 Å². The van der Waals surface area contributed by atoms with Crippen LogP contribution in [0, 0.1) is 5.41 Å². The molecule has 0 bridgehead atoms. The first-order valence-electron chi connectivity index (χ1n) is 10.6. The molecule has 1 aromatic carbocycles. The highest BCUT2D eigenvalue weighted by Crippen LogP contribution is 2.32. The second-order valence-electron chi connectivity index (χ2n) is 8.84. The fourth-order valence-corrected chi connectivity index (χ4v) is 3.98. The van der Waals surface area contributed by atoms with Crippen molar-refractivity contribution >= 4 is 17.1 Å². The maximum atomic E-state index is 12.8. The first-order chi connectivity index (χ1) is 14.4. The van der Waals surface area contributed by atoms with Crippen molar-refractivity contribution in [3.63, 3.8) is 0 Å². The van der Waals surface area contributed by atoms with E-state index in [2.05, 4.69) is 9.97 Å². The van der Waals surface area contributed by atoms with E-state index < -0.39 is 0 Å². The lowest BCUT2D eigenvalue weighted by molar-refractivity contribution is -0.140. The molecule has 0 N–H and O–H groups in total. The number of fused-ring (bicyclic) bond motifs is 1. The summed E-state index contributed by atoms with van der Waals surface area (Å²) >= 11 is 0. The van der Waals surface area contributed by atoms with Gasteiger partial charge in [0.25, 0.3) is 0 Å². The summed E-state index contributed by atoms with van der Waals surface area (Å²) in [5.41, 5.74) is 2.15. The molecule has 0 aliphatic carbocycles. The molecule has 1 atom stereocenters. The number of amides is 1. The van der Waals surface area contributed by atoms with E-state index in [1.54, 1.807) is 12.4 Å². The Morgan fingerprint density at radius 2 is 1.93 bits per heavy atom. The van der Waals surface area contributed by atoms with Gasteiger partial charge in [0.15, 0.2) is 5.65 Å². The smallest absolute Gasteiger partial charge is 0.227 e. The van der Waals surface area contributed by atoms with Crippen molar-refractivity contribution in [1.82, 2.24) is 24.6 Å². The number of para-hydroxylation sites is 1. The summed E-state index contributed by atoms with van der Waals surface area (Å²) in [5.74, 6) is 1.20. The van der Waals surface area contributed by atoms with Crippen LogP contribution in [-0.4, -0.2) is 50.3 Å². The van der Waals surface area contributed by atoms with E-state index >= 15 is 0 Å². The molecule has 3 heterocycles. The Morgan fingerprint density at radius 3 is 2.70 bits per heavy atom. The molecule has 0 radical (unpaired) electrons. The zero-order chi connectivity index (χ0) is 21.1. The van der Waals surface area contributed by atoms with Crippen molar-refractivity contribution in [1.29, 1.82) is 0 Å². The van der Waals surface area contributed by atoms with Gasteiger partial charge in [-0.1, -0.05) is 39.0 Å². The Morgan fingerprint density at radius 1 is 1.17 bits per heavy atom. The van der Waals surface area contributed by atoms with Gasteiger partial charge in [0.2, 0.25) is 5.91 Å². The number of carbonyl (C=O) groups excluding carboxylic acids is 1. The molecular formula is C23H29N5O2. The number of carbonyl (C=O) groups is 1. The highest BCUT2D eigenvalue weighted by Gasteiger charge is 2.33. The highest BCUT2D eigenvalue weighted by molar-refractivity contribution is 5.82. The number of ether oxygens (including phenoxy) is 1. The summed E-state index contributed by atoms with van der Waals surface area (Å²) in [4.78, 5) is 23.9. The number of likely N-dealkylation sites (tertiary alicyclic amines) is 1. The number of hydrogen-bond donors (Lipinski definition) is 0. The molecule has 7 nitrogen and oxygen atoms in total. The van der Waals surface area contributed by atoms with E-state index in [0.717, 1.165) is 42.0 Å². The summed E-state index contributed by atoms with van der Waals surface area (Å²) in [6.07, 6.45) is 5.37.